The zero-order valence-electron chi connectivity index (χ0n) is 11.2. The lowest BCUT2D eigenvalue weighted by Gasteiger charge is -2.08. The van der Waals surface area contributed by atoms with Gasteiger partial charge in [-0.15, -0.1) is 11.3 Å². The van der Waals surface area contributed by atoms with Crippen LogP contribution in [0.3, 0.4) is 0 Å². The van der Waals surface area contributed by atoms with E-state index in [2.05, 4.69) is 26.0 Å². The van der Waals surface area contributed by atoms with Crippen molar-refractivity contribution >= 4 is 44.8 Å². The van der Waals surface area contributed by atoms with E-state index in [0.29, 0.717) is 15.7 Å². The molecule has 0 aliphatic carbocycles. The summed E-state index contributed by atoms with van der Waals surface area (Å²) in [4.78, 5) is 24.1. The van der Waals surface area contributed by atoms with Crippen molar-refractivity contribution in [3.8, 4) is 0 Å². The quantitative estimate of drug-likeness (QED) is 0.829. The fourth-order valence-corrected chi connectivity index (χ4v) is 2.98. The molecule has 1 aromatic heterocycles. The van der Waals surface area contributed by atoms with Gasteiger partial charge in [0.1, 0.15) is 10.7 Å². The molecule has 0 spiro atoms. The molecule has 1 aromatic carbocycles. The lowest BCUT2D eigenvalue weighted by Crippen LogP contribution is -2.16. The average molecular weight is 372 g/mol. The summed E-state index contributed by atoms with van der Waals surface area (Å²) in [5.41, 5.74) is 0.950. The standard InChI is InChI=1S/C14H11BrFNO3S/c1-7-6-21-12(14(19)20-2)11(7)17-13(18)9-5-8(15)3-4-10(9)16/h3-6H,1-2H3,(H,17,18). The van der Waals surface area contributed by atoms with Crippen molar-refractivity contribution in [1.82, 2.24) is 0 Å². The zero-order chi connectivity index (χ0) is 15.6. The van der Waals surface area contributed by atoms with Crippen LogP contribution in [0.15, 0.2) is 28.1 Å². The zero-order valence-corrected chi connectivity index (χ0v) is 13.6. The number of halogens is 2. The van der Waals surface area contributed by atoms with E-state index < -0.39 is 17.7 Å². The van der Waals surface area contributed by atoms with E-state index in [-0.39, 0.29) is 10.4 Å². The normalized spacial score (nSPS) is 10.3. The Morgan fingerprint density at radius 2 is 2.10 bits per heavy atom. The van der Waals surface area contributed by atoms with Crippen molar-refractivity contribution in [1.29, 1.82) is 0 Å². The molecule has 7 heteroatoms. The fraction of sp³-hybridized carbons (Fsp3) is 0.143. The molecule has 0 radical (unpaired) electrons. The van der Waals surface area contributed by atoms with Crippen LogP contribution in [-0.4, -0.2) is 19.0 Å². The van der Waals surface area contributed by atoms with Crippen molar-refractivity contribution in [3.63, 3.8) is 0 Å². The van der Waals surface area contributed by atoms with Gasteiger partial charge in [-0.2, -0.15) is 0 Å². The van der Waals surface area contributed by atoms with Crippen LogP contribution in [0.1, 0.15) is 25.6 Å². The van der Waals surface area contributed by atoms with Crippen molar-refractivity contribution in [2.24, 2.45) is 0 Å². The molecule has 1 heterocycles. The predicted molar refractivity (Wildman–Crippen MR) is 82.4 cm³/mol. The number of methoxy groups -OCH3 is 1. The van der Waals surface area contributed by atoms with Crippen LogP contribution < -0.4 is 5.32 Å². The van der Waals surface area contributed by atoms with Gasteiger partial charge in [-0.1, -0.05) is 15.9 Å². The minimum atomic E-state index is -0.636. The van der Waals surface area contributed by atoms with Crippen LogP contribution in [-0.2, 0) is 4.74 Å². The molecule has 0 saturated carbocycles. The smallest absolute Gasteiger partial charge is 0.350 e. The molecule has 0 atom stereocenters. The number of hydrogen-bond donors (Lipinski definition) is 1. The molecule has 0 bridgehead atoms. The first kappa shape index (κ1) is 15.7. The number of carbonyl (C=O) groups excluding carboxylic acids is 2. The van der Waals surface area contributed by atoms with Gasteiger partial charge in [0, 0.05) is 4.47 Å². The molecular formula is C14H11BrFNO3S. The van der Waals surface area contributed by atoms with Crippen LogP contribution in [0.25, 0.3) is 0 Å². The van der Waals surface area contributed by atoms with Crippen LogP contribution in [0.2, 0.25) is 0 Å². The Hall–Kier alpha value is -1.73. The Morgan fingerprint density at radius 1 is 1.38 bits per heavy atom. The maximum absolute atomic E-state index is 13.7. The van der Waals surface area contributed by atoms with Gasteiger partial charge in [0.15, 0.2) is 0 Å². The average Bonchev–Trinajstić information content (AvgIpc) is 2.82. The number of nitrogens with one attached hydrogen (secondary N) is 1. The van der Waals surface area contributed by atoms with Gasteiger partial charge < -0.3 is 10.1 Å². The Balaban J connectivity index is 2.34. The second kappa shape index (κ2) is 6.36. The Kier molecular flexibility index (Phi) is 4.74. The summed E-state index contributed by atoms with van der Waals surface area (Å²) in [6, 6.07) is 4.08. The summed E-state index contributed by atoms with van der Waals surface area (Å²) >= 11 is 4.35. The third-order valence-electron chi connectivity index (χ3n) is 2.76. The van der Waals surface area contributed by atoms with Gasteiger partial charge in [0.2, 0.25) is 0 Å². The largest absolute Gasteiger partial charge is 0.465 e. The van der Waals surface area contributed by atoms with Gasteiger partial charge in [-0.05, 0) is 36.1 Å². The van der Waals surface area contributed by atoms with Gasteiger partial charge in [-0.25, -0.2) is 9.18 Å². The molecule has 0 aliphatic heterocycles. The summed E-state index contributed by atoms with van der Waals surface area (Å²) in [6.07, 6.45) is 0. The molecule has 2 aromatic rings. The number of thiophene rings is 1. The SMILES string of the molecule is COC(=O)c1scc(C)c1NC(=O)c1cc(Br)ccc1F. The minimum absolute atomic E-state index is 0.106. The molecule has 21 heavy (non-hydrogen) atoms. The number of amides is 1. The molecule has 4 nitrogen and oxygen atoms in total. The summed E-state index contributed by atoms with van der Waals surface area (Å²) in [7, 11) is 1.26. The third kappa shape index (κ3) is 3.30. The van der Waals surface area contributed by atoms with Crippen LogP contribution in [0.5, 0.6) is 0 Å². The fourth-order valence-electron chi connectivity index (χ4n) is 1.69. The highest BCUT2D eigenvalue weighted by Crippen LogP contribution is 2.29. The van der Waals surface area contributed by atoms with E-state index in [0.717, 1.165) is 11.3 Å². The number of carbonyl (C=O) groups is 2. The maximum Gasteiger partial charge on any atom is 0.350 e. The van der Waals surface area contributed by atoms with Gasteiger partial charge in [0.25, 0.3) is 5.91 Å². The summed E-state index contributed by atoms with van der Waals surface area (Å²) in [6.45, 7) is 1.75. The van der Waals surface area contributed by atoms with E-state index in [4.69, 9.17) is 0 Å². The van der Waals surface area contributed by atoms with E-state index in [1.54, 1.807) is 12.3 Å². The first-order valence-corrected chi connectivity index (χ1v) is 7.54. The summed E-state index contributed by atoms with van der Waals surface area (Å²) in [5, 5.41) is 4.29. The van der Waals surface area contributed by atoms with E-state index >= 15 is 0 Å². The molecule has 0 saturated heterocycles. The number of hydrogen-bond acceptors (Lipinski definition) is 4. The number of anilines is 1. The minimum Gasteiger partial charge on any atom is -0.465 e. The van der Waals surface area contributed by atoms with Crippen molar-refractivity contribution in [2.45, 2.75) is 6.92 Å². The lowest BCUT2D eigenvalue weighted by atomic mass is 10.2. The third-order valence-corrected chi connectivity index (χ3v) is 4.33. The Labute approximate surface area is 133 Å². The van der Waals surface area contributed by atoms with Crippen LogP contribution in [0, 0.1) is 12.7 Å². The van der Waals surface area contributed by atoms with E-state index in [9.17, 15) is 14.0 Å². The molecule has 0 aliphatic rings. The van der Waals surface area contributed by atoms with Crippen LogP contribution in [0.4, 0.5) is 10.1 Å². The number of ether oxygens (including phenoxy) is 1. The topological polar surface area (TPSA) is 55.4 Å². The van der Waals surface area contributed by atoms with E-state index in [1.165, 1.54) is 25.3 Å². The number of esters is 1. The highest BCUT2D eigenvalue weighted by Gasteiger charge is 2.20. The second-order valence-electron chi connectivity index (χ2n) is 4.19. The number of rotatable bonds is 3. The van der Waals surface area contributed by atoms with E-state index in [1.807, 2.05) is 0 Å². The first-order chi connectivity index (χ1) is 9.93. The highest BCUT2D eigenvalue weighted by molar-refractivity contribution is 9.10. The lowest BCUT2D eigenvalue weighted by molar-refractivity contribution is 0.0607. The number of aryl methyl sites for hydroxylation is 1. The molecule has 110 valence electrons. The molecule has 0 fully saturated rings. The Morgan fingerprint density at radius 3 is 2.76 bits per heavy atom. The molecule has 0 unspecified atom stereocenters. The van der Waals surface area contributed by atoms with Gasteiger partial charge >= 0.3 is 5.97 Å². The second-order valence-corrected chi connectivity index (χ2v) is 5.99. The Bertz CT molecular complexity index is 714. The van der Waals surface area contributed by atoms with Crippen LogP contribution >= 0.6 is 27.3 Å². The van der Waals surface area contributed by atoms with Crippen molar-refractivity contribution < 1.29 is 18.7 Å². The van der Waals surface area contributed by atoms with Gasteiger partial charge in [0.05, 0.1) is 18.4 Å². The number of benzene rings is 1. The first-order valence-electron chi connectivity index (χ1n) is 5.87. The van der Waals surface area contributed by atoms with Gasteiger partial charge in [-0.3, -0.25) is 4.79 Å². The molecular weight excluding hydrogens is 361 g/mol. The summed E-state index contributed by atoms with van der Waals surface area (Å²) < 4.78 is 19.0. The summed E-state index contributed by atoms with van der Waals surface area (Å²) in [5.74, 6) is -1.80. The maximum atomic E-state index is 13.7. The predicted octanol–water partition coefficient (Wildman–Crippen LogP) is 4.00. The monoisotopic (exact) mass is 371 g/mol. The van der Waals surface area contributed by atoms with Crippen molar-refractivity contribution in [3.05, 3.63) is 49.9 Å². The molecule has 1 amide bonds. The van der Waals surface area contributed by atoms with Crippen molar-refractivity contribution in [2.75, 3.05) is 12.4 Å². The molecule has 1 N–H and O–H groups in total. The molecule has 2 rings (SSSR count). The highest BCUT2D eigenvalue weighted by atomic mass is 79.9.